The van der Waals surface area contributed by atoms with Crippen molar-refractivity contribution in [3.8, 4) is 101 Å². The van der Waals surface area contributed by atoms with Gasteiger partial charge in [0.15, 0.2) is 0 Å². The molecular weight excluding hydrogens is 923 g/mol. The number of hydrogen-bond donors (Lipinski definition) is 1. The highest BCUT2D eigenvalue weighted by molar-refractivity contribution is 5.99. The second-order valence-electron chi connectivity index (χ2n) is 20.9. The summed E-state index contributed by atoms with van der Waals surface area (Å²) in [6.45, 7) is 0. The minimum Gasteiger partial charge on any atom is -0.507 e. The van der Waals surface area contributed by atoms with E-state index in [1.54, 1.807) is 0 Å². The highest BCUT2D eigenvalue weighted by atomic mass is 16.3. The van der Waals surface area contributed by atoms with Crippen LogP contribution >= 0.6 is 0 Å². The van der Waals surface area contributed by atoms with Crippen molar-refractivity contribution in [3.05, 3.63) is 242 Å². The van der Waals surface area contributed by atoms with E-state index in [9.17, 15) is 5.11 Å². The van der Waals surface area contributed by atoms with Gasteiger partial charge in [0.25, 0.3) is 0 Å². The van der Waals surface area contributed by atoms with Crippen molar-refractivity contribution in [2.75, 3.05) is 0 Å². The third kappa shape index (κ3) is 9.45. The van der Waals surface area contributed by atoms with Crippen molar-refractivity contribution in [2.24, 2.45) is 11.8 Å². The Bertz CT molecular complexity index is 3930. The van der Waals surface area contributed by atoms with E-state index in [2.05, 4.69) is 174 Å². The number of imidazole rings is 1. The number of pyridine rings is 1. The van der Waals surface area contributed by atoms with Crippen LogP contribution in [0.2, 0.25) is 0 Å². The molecule has 9 aromatic carbocycles. The van der Waals surface area contributed by atoms with Crippen molar-refractivity contribution < 1.29 is 7.85 Å². The molecule has 0 unspecified atom stereocenters. The number of aromatic nitrogens is 3. The van der Waals surface area contributed by atoms with Crippen LogP contribution in [0.15, 0.2) is 231 Å². The van der Waals surface area contributed by atoms with Crippen LogP contribution in [0, 0.1) is 11.8 Å². The zero-order valence-corrected chi connectivity index (χ0v) is 42.7. The average Bonchev–Trinajstić information content (AvgIpc) is 4.47. The molecule has 0 spiro atoms. The molecule has 2 aromatic heterocycles. The SMILES string of the molecule is [2H]C([2H])(c1ccc(-c2ccnc(-c3cc(-c4ccccc4)cc(-c4cccc5c4nc(-c4cccc(-c6ccccc6-c6ccccc6)c4O)n5-c4ccc(CC5CCCC5)cc4-c4ccccc4)c3)c2)cc1)C1CCCC1. The van der Waals surface area contributed by atoms with Gasteiger partial charge in [-0.05, 0) is 140 Å². The van der Waals surface area contributed by atoms with E-state index in [1.165, 1.54) is 31.2 Å². The van der Waals surface area contributed by atoms with Gasteiger partial charge in [0, 0.05) is 31.2 Å². The first-order valence-corrected chi connectivity index (χ1v) is 27.3. The van der Waals surface area contributed by atoms with Crippen LogP contribution in [-0.4, -0.2) is 19.6 Å². The Hall–Kier alpha value is -8.60. The quantitative estimate of drug-likeness (QED) is 0.125. The summed E-state index contributed by atoms with van der Waals surface area (Å²) in [6, 6.07) is 78.4. The van der Waals surface area contributed by atoms with Crippen LogP contribution < -0.4 is 0 Å². The summed E-state index contributed by atoms with van der Waals surface area (Å²) in [7, 11) is 0. The van der Waals surface area contributed by atoms with E-state index >= 15 is 0 Å². The number of rotatable bonds is 13. The zero-order valence-electron chi connectivity index (χ0n) is 44.7. The number of phenols is 1. The first kappa shape index (κ1) is 44.8. The molecule has 2 aliphatic carbocycles. The number of aromatic hydroxyl groups is 1. The predicted octanol–water partition coefficient (Wildman–Crippen LogP) is 18.9. The van der Waals surface area contributed by atoms with Crippen LogP contribution in [0.1, 0.15) is 65.2 Å². The molecule has 370 valence electrons. The molecule has 0 radical (unpaired) electrons. The van der Waals surface area contributed by atoms with Crippen LogP contribution in [-0.2, 0) is 12.8 Å². The number of fused-ring (bicyclic) bond motifs is 1. The van der Waals surface area contributed by atoms with Crippen LogP contribution in [0.4, 0.5) is 0 Å². The van der Waals surface area contributed by atoms with Crippen LogP contribution in [0.3, 0.4) is 0 Å². The first-order valence-electron chi connectivity index (χ1n) is 28.3. The predicted molar refractivity (Wildman–Crippen MR) is 315 cm³/mol. The molecule has 2 saturated carbocycles. The Balaban J connectivity index is 0.996. The molecule has 0 bridgehead atoms. The largest absolute Gasteiger partial charge is 0.507 e. The summed E-state index contributed by atoms with van der Waals surface area (Å²) < 4.78 is 20.3. The minimum atomic E-state index is -1.35. The van der Waals surface area contributed by atoms with Crippen molar-refractivity contribution in [2.45, 2.75) is 64.2 Å². The van der Waals surface area contributed by atoms with Gasteiger partial charge in [0.2, 0.25) is 0 Å². The molecule has 1 N–H and O–H groups in total. The zero-order chi connectivity index (χ0) is 52.6. The Morgan fingerprint density at radius 3 is 1.72 bits per heavy atom. The normalized spacial score (nSPS) is 14.5. The van der Waals surface area contributed by atoms with E-state index in [0.717, 1.165) is 132 Å². The van der Waals surface area contributed by atoms with E-state index in [0.29, 0.717) is 17.3 Å². The fourth-order valence-corrected chi connectivity index (χ4v) is 12.1. The highest BCUT2D eigenvalue weighted by Crippen LogP contribution is 2.46. The van der Waals surface area contributed by atoms with Crippen LogP contribution in [0.25, 0.3) is 106 Å². The maximum Gasteiger partial charge on any atom is 0.149 e. The summed E-state index contributed by atoms with van der Waals surface area (Å²) in [6.07, 6.45) is 10.8. The lowest BCUT2D eigenvalue weighted by atomic mass is 9.92. The summed E-state index contributed by atoms with van der Waals surface area (Å²) in [5.41, 5.74) is 19.4. The lowest BCUT2D eigenvalue weighted by Gasteiger charge is -2.19. The molecule has 11 aromatic rings. The molecule has 0 aliphatic heterocycles. The fraction of sp³-hybridized carbons (Fsp3) is 0.167. The number of phenolic OH excluding ortho intramolecular Hbond substituents is 1. The van der Waals surface area contributed by atoms with Gasteiger partial charge in [-0.1, -0.05) is 221 Å². The number of hydrogen-bond acceptors (Lipinski definition) is 3. The van der Waals surface area contributed by atoms with Gasteiger partial charge in [-0.25, -0.2) is 4.98 Å². The monoisotopic (exact) mass is 985 g/mol. The Morgan fingerprint density at radius 1 is 0.421 bits per heavy atom. The Kier molecular flexibility index (Phi) is 12.4. The number of para-hydroxylation sites is 2. The van der Waals surface area contributed by atoms with Gasteiger partial charge in [0.05, 0.1) is 28.0 Å². The molecule has 0 atom stereocenters. The summed E-state index contributed by atoms with van der Waals surface area (Å²) in [5.74, 6) is 1.56. The van der Waals surface area contributed by atoms with Gasteiger partial charge in [-0.15, -0.1) is 0 Å². The summed E-state index contributed by atoms with van der Waals surface area (Å²) in [5, 5.41) is 12.9. The molecule has 0 amide bonds. The molecule has 2 fully saturated rings. The van der Waals surface area contributed by atoms with Crippen molar-refractivity contribution in [3.63, 3.8) is 0 Å². The van der Waals surface area contributed by atoms with E-state index in [-0.39, 0.29) is 11.7 Å². The van der Waals surface area contributed by atoms with E-state index in [4.69, 9.17) is 12.7 Å². The van der Waals surface area contributed by atoms with E-state index < -0.39 is 6.37 Å². The second-order valence-corrected chi connectivity index (χ2v) is 20.9. The maximum absolute atomic E-state index is 12.9. The summed E-state index contributed by atoms with van der Waals surface area (Å²) in [4.78, 5) is 10.7. The number of nitrogens with zero attached hydrogens (tertiary/aromatic N) is 3. The Morgan fingerprint density at radius 2 is 0.987 bits per heavy atom. The molecule has 13 rings (SSSR count). The lowest BCUT2D eigenvalue weighted by Crippen LogP contribution is -2.04. The smallest absolute Gasteiger partial charge is 0.149 e. The van der Waals surface area contributed by atoms with Gasteiger partial charge in [-0.3, -0.25) is 9.55 Å². The van der Waals surface area contributed by atoms with Crippen molar-refractivity contribution >= 4 is 11.0 Å². The topological polar surface area (TPSA) is 50.9 Å². The molecule has 76 heavy (non-hydrogen) atoms. The van der Waals surface area contributed by atoms with Gasteiger partial charge < -0.3 is 5.11 Å². The highest BCUT2D eigenvalue weighted by Gasteiger charge is 2.26. The molecule has 0 saturated heterocycles. The average molecular weight is 986 g/mol. The molecule has 2 heterocycles. The van der Waals surface area contributed by atoms with Crippen molar-refractivity contribution in [1.82, 2.24) is 14.5 Å². The first-order chi connectivity index (χ1) is 38.3. The standard InChI is InChI=1S/C72H61N3O/c76-71-64(63-29-15-14-28-61(63)55-24-6-2-7-25-55)31-16-32-65(71)72-74-70-62(30-17-33-69(70)75(72)68-39-36-52(43-50-20-12-13-21-50)44-66(68)56-26-8-3-9-27-56)59-45-58(53-22-4-1-5-23-53)46-60(47-59)67-48-57(40-41-73-67)54-37-34-51(35-38-54)42-49-18-10-11-19-49/h1-9,14-17,22-41,44-50,76H,10-13,18-21,42-43H2/i42D2. The fourth-order valence-electron chi connectivity index (χ4n) is 12.1. The van der Waals surface area contributed by atoms with Gasteiger partial charge in [0.1, 0.15) is 11.6 Å². The molecule has 4 heteroatoms. The van der Waals surface area contributed by atoms with Crippen molar-refractivity contribution in [1.29, 1.82) is 0 Å². The minimum absolute atomic E-state index is 0.0594. The van der Waals surface area contributed by atoms with Gasteiger partial charge >= 0.3 is 0 Å². The molecular formula is C72H61N3O. The van der Waals surface area contributed by atoms with Gasteiger partial charge in [-0.2, -0.15) is 0 Å². The van der Waals surface area contributed by atoms with E-state index in [1.807, 2.05) is 60.8 Å². The lowest BCUT2D eigenvalue weighted by molar-refractivity contribution is 0.479. The number of benzene rings is 9. The Labute approximate surface area is 449 Å². The summed E-state index contributed by atoms with van der Waals surface area (Å²) >= 11 is 0. The maximum atomic E-state index is 12.9. The third-order valence-electron chi connectivity index (χ3n) is 16.0. The molecule has 4 nitrogen and oxygen atoms in total. The second kappa shape index (κ2) is 21.0. The molecule has 2 aliphatic rings. The van der Waals surface area contributed by atoms with Crippen LogP contribution in [0.5, 0.6) is 5.75 Å². The third-order valence-corrected chi connectivity index (χ3v) is 16.0.